The standard InChI is InChI=1S/C14H12N2O3S/c17-13(7-10-2-1-5-20-10)15-8-9-3-4-11-12(6-9)19-14(18)16-11/h1-6H,7-8H2,(H,15,17)(H,16,18). The minimum atomic E-state index is -0.473. The Kier molecular flexibility index (Phi) is 3.39. The van der Waals surface area contributed by atoms with Crippen LogP contribution in [-0.2, 0) is 17.8 Å². The molecule has 0 atom stereocenters. The Balaban J connectivity index is 1.64. The summed E-state index contributed by atoms with van der Waals surface area (Å²) in [6, 6.07) is 9.22. The molecule has 0 unspecified atom stereocenters. The Bertz CT molecular complexity index is 786. The highest BCUT2D eigenvalue weighted by Crippen LogP contribution is 2.12. The normalized spacial score (nSPS) is 10.8. The van der Waals surface area contributed by atoms with E-state index in [1.807, 2.05) is 23.6 Å². The van der Waals surface area contributed by atoms with Crippen LogP contribution in [0, 0.1) is 0 Å². The van der Waals surface area contributed by atoms with Crippen LogP contribution in [0.1, 0.15) is 10.4 Å². The largest absolute Gasteiger partial charge is 0.417 e. The second-order valence-electron chi connectivity index (χ2n) is 4.38. The molecule has 5 nitrogen and oxygen atoms in total. The first-order valence-corrected chi connectivity index (χ1v) is 6.99. The van der Waals surface area contributed by atoms with Crippen LogP contribution in [0.4, 0.5) is 0 Å². The number of hydrogen-bond donors (Lipinski definition) is 2. The van der Waals surface area contributed by atoms with Crippen LogP contribution >= 0.6 is 11.3 Å². The molecule has 0 aliphatic rings. The molecule has 0 spiro atoms. The van der Waals surface area contributed by atoms with Crippen LogP contribution < -0.4 is 11.1 Å². The number of thiophene rings is 1. The van der Waals surface area contributed by atoms with Gasteiger partial charge in [-0.3, -0.25) is 9.78 Å². The molecule has 1 aromatic carbocycles. The van der Waals surface area contributed by atoms with Gasteiger partial charge in [0.05, 0.1) is 11.9 Å². The van der Waals surface area contributed by atoms with E-state index in [0.29, 0.717) is 24.1 Å². The third kappa shape index (κ3) is 2.80. The van der Waals surface area contributed by atoms with Crippen molar-refractivity contribution in [2.24, 2.45) is 0 Å². The van der Waals surface area contributed by atoms with Crippen molar-refractivity contribution in [2.45, 2.75) is 13.0 Å². The molecule has 0 aliphatic heterocycles. The zero-order valence-electron chi connectivity index (χ0n) is 10.5. The van der Waals surface area contributed by atoms with E-state index in [-0.39, 0.29) is 5.91 Å². The van der Waals surface area contributed by atoms with E-state index < -0.39 is 5.76 Å². The molecule has 1 amide bonds. The monoisotopic (exact) mass is 288 g/mol. The lowest BCUT2D eigenvalue weighted by Gasteiger charge is -2.04. The molecule has 0 fully saturated rings. The number of aromatic amines is 1. The van der Waals surface area contributed by atoms with Gasteiger partial charge in [-0.1, -0.05) is 12.1 Å². The molecule has 6 heteroatoms. The summed E-state index contributed by atoms with van der Waals surface area (Å²) in [7, 11) is 0. The lowest BCUT2D eigenvalue weighted by atomic mass is 10.2. The van der Waals surface area contributed by atoms with Gasteiger partial charge in [-0.2, -0.15) is 0 Å². The highest BCUT2D eigenvalue weighted by Gasteiger charge is 2.06. The van der Waals surface area contributed by atoms with E-state index in [0.717, 1.165) is 10.4 Å². The quantitative estimate of drug-likeness (QED) is 0.771. The maximum absolute atomic E-state index is 11.8. The molecule has 20 heavy (non-hydrogen) atoms. The van der Waals surface area contributed by atoms with Gasteiger partial charge in [0.15, 0.2) is 5.58 Å². The maximum Gasteiger partial charge on any atom is 0.417 e. The third-order valence-corrected chi connectivity index (χ3v) is 3.77. The van der Waals surface area contributed by atoms with Crippen LogP contribution in [0.5, 0.6) is 0 Å². The van der Waals surface area contributed by atoms with Crippen molar-refractivity contribution < 1.29 is 9.21 Å². The summed E-state index contributed by atoms with van der Waals surface area (Å²) in [5.41, 5.74) is 2.04. The first kappa shape index (κ1) is 12.7. The van der Waals surface area contributed by atoms with Crippen LogP contribution in [0.15, 0.2) is 44.9 Å². The number of carbonyl (C=O) groups excluding carboxylic acids is 1. The number of benzene rings is 1. The lowest BCUT2D eigenvalue weighted by molar-refractivity contribution is -0.120. The number of H-pyrrole nitrogens is 1. The van der Waals surface area contributed by atoms with Crippen molar-refractivity contribution in [3.05, 3.63) is 56.7 Å². The maximum atomic E-state index is 11.8. The van der Waals surface area contributed by atoms with E-state index in [2.05, 4.69) is 10.3 Å². The summed E-state index contributed by atoms with van der Waals surface area (Å²) in [5.74, 6) is -0.498. The third-order valence-electron chi connectivity index (χ3n) is 2.89. The average Bonchev–Trinajstić information content (AvgIpc) is 3.04. The van der Waals surface area contributed by atoms with Crippen molar-refractivity contribution in [2.75, 3.05) is 0 Å². The first-order chi connectivity index (χ1) is 9.70. The predicted octanol–water partition coefficient (Wildman–Crippen LogP) is 2.04. The molecule has 2 aromatic heterocycles. The van der Waals surface area contributed by atoms with Gasteiger partial charge in [-0.25, -0.2) is 4.79 Å². The van der Waals surface area contributed by atoms with Gasteiger partial charge in [0.25, 0.3) is 0 Å². The Morgan fingerprint density at radius 1 is 1.35 bits per heavy atom. The Labute approximate surface area is 118 Å². The number of amides is 1. The zero-order valence-corrected chi connectivity index (χ0v) is 11.3. The van der Waals surface area contributed by atoms with Crippen LogP contribution in [0.3, 0.4) is 0 Å². The Morgan fingerprint density at radius 3 is 3.05 bits per heavy atom. The molecule has 102 valence electrons. The number of nitrogens with one attached hydrogen (secondary N) is 2. The molecule has 2 N–H and O–H groups in total. The topological polar surface area (TPSA) is 75.1 Å². The summed E-state index contributed by atoms with van der Waals surface area (Å²) < 4.78 is 4.98. The van der Waals surface area contributed by atoms with Gasteiger partial charge >= 0.3 is 5.76 Å². The molecule has 0 radical (unpaired) electrons. The van der Waals surface area contributed by atoms with E-state index in [1.165, 1.54) is 0 Å². The first-order valence-electron chi connectivity index (χ1n) is 6.11. The molecule has 0 aliphatic carbocycles. The van der Waals surface area contributed by atoms with E-state index >= 15 is 0 Å². The number of hydrogen-bond acceptors (Lipinski definition) is 4. The molecule has 3 rings (SSSR count). The van der Waals surface area contributed by atoms with Gasteiger partial charge in [-0.15, -0.1) is 11.3 Å². The molecular weight excluding hydrogens is 276 g/mol. The molecule has 0 saturated carbocycles. The van der Waals surface area contributed by atoms with Crippen molar-refractivity contribution in [1.29, 1.82) is 0 Å². The predicted molar refractivity (Wildman–Crippen MR) is 76.7 cm³/mol. The zero-order chi connectivity index (χ0) is 13.9. The molecule has 3 aromatic rings. The van der Waals surface area contributed by atoms with E-state index in [9.17, 15) is 9.59 Å². The Hall–Kier alpha value is -2.34. The summed E-state index contributed by atoms with van der Waals surface area (Å²) in [5, 5.41) is 4.80. The fourth-order valence-corrected chi connectivity index (χ4v) is 2.64. The second kappa shape index (κ2) is 5.34. The van der Waals surface area contributed by atoms with E-state index in [1.54, 1.807) is 23.5 Å². The summed E-state index contributed by atoms with van der Waals surface area (Å²) in [6.07, 6.45) is 0.388. The average molecular weight is 288 g/mol. The van der Waals surface area contributed by atoms with Crippen LogP contribution in [-0.4, -0.2) is 10.9 Å². The number of aromatic nitrogens is 1. The molecule has 0 saturated heterocycles. The van der Waals surface area contributed by atoms with E-state index in [4.69, 9.17) is 4.42 Å². The van der Waals surface area contributed by atoms with Gasteiger partial charge in [0.1, 0.15) is 0 Å². The van der Waals surface area contributed by atoms with Gasteiger partial charge in [-0.05, 0) is 29.1 Å². The number of fused-ring (bicyclic) bond motifs is 1. The highest BCUT2D eigenvalue weighted by molar-refractivity contribution is 7.10. The molecular formula is C14H12N2O3S. The number of carbonyl (C=O) groups is 1. The van der Waals surface area contributed by atoms with Gasteiger partial charge in [0, 0.05) is 11.4 Å². The van der Waals surface area contributed by atoms with Crippen molar-refractivity contribution in [1.82, 2.24) is 10.3 Å². The van der Waals surface area contributed by atoms with Gasteiger partial charge in [0.2, 0.25) is 5.91 Å². The van der Waals surface area contributed by atoms with Crippen molar-refractivity contribution in [3.63, 3.8) is 0 Å². The number of rotatable bonds is 4. The summed E-state index contributed by atoms with van der Waals surface area (Å²) in [6.45, 7) is 0.412. The lowest BCUT2D eigenvalue weighted by Crippen LogP contribution is -2.24. The van der Waals surface area contributed by atoms with Gasteiger partial charge < -0.3 is 9.73 Å². The number of oxazole rings is 1. The van der Waals surface area contributed by atoms with Crippen LogP contribution in [0.25, 0.3) is 11.1 Å². The highest BCUT2D eigenvalue weighted by atomic mass is 32.1. The summed E-state index contributed by atoms with van der Waals surface area (Å²) in [4.78, 5) is 26.4. The fraction of sp³-hybridized carbons (Fsp3) is 0.143. The van der Waals surface area contributed by atoms with Crippen molar-refractivity contribution in [3.8, 4) is 0 Å². The minimum Gasteiger partial charge on any atom is -0.408 e. The fourth-order valence-electron chi connectivity index (χ4n) is 1.93. The Morgan fingerprint density at radius 2 is 2.25 bits per heavy atom. The van der Waals surface area contributed by atoms with Crippen molar-refractivity contribution >= 4 is 28.3 Å². The second-order valence-corrected chi connectivity index (χ2v) is 5.41. The smallest absolute Gasteiger partial charge is 0.408 e. The summed E-state index contributed by atoms with van der Waals surface area (Å²) >= 11 is 1.56. The molecule has 0 bridgehead atoms. The molecule has 2 heterocycles. The SMILES string of the molecule is O=C(Cc1cccs1)NCc1ccc2[nH]c(=O)oc2c1. The van der Waals surface area contributed by atoms with Crippen LogP contribution in [0.2, 0.25) is 0 Å². The minimum absolute atomic E-state index is 0.0249.